The van der Waals surface area contributed by atoms with Gasteiger partial charge in [0, 0.05) is 4.88 Å². The summed E-state index contributed by atoms with van der Waals surface area (Å²) in [4.78, 5) is 19.2. The first-order valence-corrected chi connectivity index (χ1v) is 5.34. The summed E-state index contributed by atoms with van der Waals surface area (Å²) in [5.74, 6) is -0.901. The van der Waals surface area contributed by atoms with Gasteiger partial charge in [-0.15, -0.1) is 11.3 Å². The molecular formula is C10H8N2O3S. The third-order valence-corrected chi connectivity index (χ3v) is 2.62. The molecule has 82 valence electrons. The van der Waals surface area contributed by atoms with Gasteiger partial charge in [-0.1, -0.05) is 6.07 Å². The van der Waals surface area contributed by atoms with Crippen LogP contribution >= 0.6 is 11.3 Å². The summed E-state index contributed by atoms with van der Waals surface area (Å²) in [6, 6.07) is 3.85. The van der Waals surface area contributed by atoms with Gasteiger partial charge in [0.05, 0.1) is 12.4 Å². The Morgan fingerprint density at radius 3 is 3.06 bits per heavy atom. The number of carboxylic acid groups (broad SMARTS) is 1. The lowest BCUT2D eigenvalue weighted by Crippen LogP contribution is -2.03. The molecule has 0 aromatic carbocycles. The fourth-order valence-corrected chi connectivity index (χ4v) is 1.68. The number of aromatic nitrogens is 2. The van der Waals surface area contributed by atoms with Crippen molar-refractivity contribution in [3.63, 3.8) is 0 Å². The fourth-order valence-electron chi connectivity index (χ4n) is 1.06. The monoisotopic (exact) mass is 236 g/mol. The zero-order valence-electron chi connectivity index (χ0n) is 8.16. The molecule has 0 saturated heterocycles. The van der Waals surface area contributed by atoms with Crippen LogP contribution < -0.4 is 4.74 Å². The van der Waals surface area contributed by atoms with Crippen LogP contribution in [-0.2, 0) is 6.61 Å². The lowest BCUT2D eigenvalue weighted by Gasteiger charge is -2.03. The zero-order chi connectivity index (χ0) is 11.4. The summed E-state index contributed by atoms with van der Waals surface area (Å²) in [6.07, 6.45) is 2.57. The molecule has 0 unspecified atom stereocenters. The van der Waals surface area contributed by atoms with Gasteiger partial charge >= 0.3 is 5.97 Å². The van der Waals surface area contributed by atoms with Crippen molar-refractivity contribution >= 4 is 17.3 Å². The molecule has 0 aliphatic carbocycles. The summed E-state index contributed by atoms with van der Waals surface area (Å²) in [6.45, 7) is 0.370. The molecule has 0 radical (unpaired) electrons. The van der Waals surface area contributed by atoms with Crippen LogP contribution in [-0.4, -0.2) is 21.0 Å². The lowest BCUT2D eigenvalue weighted by atomic mass is 10.4. The first-order valence-electron chi connectivity index (χ1n) is 4.46. The number of ether oxygens (including phenoxy) is 1. The Balaban J connectivity index is 2.04. The predicted octanol–water partition coefficient (Wildman–Crippen LogP) is 1.82. The van der Waals surface area contributed by atoms with E-state index in [2.05, 4.69) is 9.97 Å². The molecule has 2 heterocycles. The van der Waals surface area contributed by atoms with E-state index in [1.165, 1.54) is 12.4 Å². The molecule has 0 saturated carbocycles. The van der Waals surface area contributed by atoms with Gasteiger partial charge in [-0.3, -0.25) is 4.98 Å². The topological polar surface area (TPSA) is 72.3 Å². The SMILES string of the molecule is O=C(O)c1cncc(OCc2cccs2)n1. The van der Waals surface area contributed by atoms with Gasteiger partial charge in [-0.2, -0.15) is 0 Å². The molecule has 0 aliphatic rings. The van der Waals surface area contributed by atoms with Crippen molar-refractivity contribution in [3.05, 3.63) is 40.5 Å². The molecule has 2 rings (SSSR count). The molecule has 2 aromatic heterocycles. The fraction of sp³-hybridized carbons (Fsp3) is 0.100. The zero-order valence-corrected chi connectivity index (χ0v) is 8.98. The molecule has 16 heavy (non-hydrogen) atoms. The van der Waals surface area contributed by atoms with E-state index in [-0.39, 0.29) is 11.6 Å². The second-order valence-electron chi connectivity index (χ2n) is 2.92. The van der Waals surface area contributed by atoms with E-state index < -0.39 is 5.97 Å². The van der Waals surface area contributed by atoms with Crippen molar-refractivity contribution in [2.75, 3.05) is 0 Å². The molecule has 2 aromatic rings. The normalized spacial score (nSPS) is 10.0. The molecule has 0 aliphatic heterocycles. The first kappa shape index (κ1) is 10.6. The average Bonchev–Trinajstić information content (AvgIpc) is 2.79. The minimum atomic E-state index is -1.12. The average molecular weight is 236 g/mol. The molecule has 0 spiro atoms. The smallest absolute Gasteiger partial charge is 0.356 e. The largest absolute Gasteiger partial charge is 0.476 e. The Morgan fingerprint density at radius 2 is 2.38 bits per heavy atom. The number of hydrogen-bond donors (Lipinski definition) is 1. The van der Waals surface area contributed by atoms with E-state index in [1.807, 2.05) is 17.5 Å². The number of carbonyl (C=O) groups is 1. The summed E-state index contributed by atoms with van der Waals surface area (Å²) in [7, 11) is 0. The maximum atomic E-state index is 10.6. The molecule has 1 N–H and O–H groups in total. The number of rotatable bonds is 4. The van der Waals surface area contributed by atoms with E-state index in [0.717, 1.165) is 4.88 Å². The summed E-state index contributed by atoms with van der Waals surface area (Å²) < 4.78 is 5.31. The maximum Gasteiger partial charge on any atom is 0.356 e. The maximum absolute atomic E-state index is 10.6. The molecule has 0 bridgehead atoms. The van der Waals surface area contributed by atoms with E-state index in [0.29, 0.717) is 6.61 Å². The van der Waals surface area contributed by atoms with E-state index >= 15 is 0 Å². The van der Waals surface area contributed by atoms with Gasteiger partial charge in [0.25, 0.3) is 0 Å². The molecule has 5 nitrogen and oxygen atoms in total. The summed E-state index contributed by atoms with van der Waals surface area (Å²) in [5.41, 5.74) is -0.122. The number of thiophene rings is 1. The van der Waals surface area contributed by atoms with Crippen LogP contribution in [0, 0.1) is 0 Å². The molecule has 0 amide bonds. The van der Waals surface area contributed by atoms with Crippen molar-refractivity contribution in [1.29, 1.82) is 0 Å². The van der Waals surface area contributed by atoms with Crippen LogP contribution in [0.25, 0.3) is 0 Å². The van der Waals surface area contributed by atoms with Gasteiger partial charge in [0.15, 0.2) is 5.69 Å². The number of hydrogen-bond acceptors (Lipinski definition) is 5. The quantitative estimate of drug-likeness (QED) is 0.876. The van der Waals surface area contributed by atoms with Crippen molar-refractivity contribution in [1.82, 2.24) is 9.97 Å². The second kappa shape index (κ2) is 4.71. The van der Waals surface area contributed by atoms with Crippen molar-refractivity contribution in [2.45, 2.75) is 6.61 Å². The van der Waals surface area contributed by atoms with Crippen LogP contribution in [0.4, 0.5) is 0 Å². The Kier molecular flexibility index (Phi) is 3.11. The van der Waals surface area contributed by atoms with Crippen LogP contribution in [0.15, 0.2) is 29.9 Å². The minimum Gasteiger partial charge on any atom is -0.476 e. The Labute approximate surface area is 95.4 Å². The van der Waals surface area contributed by atoms with E-state index in [9.17, 15) is 4.79 Å². The first-order chi connectivity index (χ1) is 7.75. The molecule has 0 fully saturated rings. The van der Waals surface area contributed by atoms with Gasteiger partial charge in [0.2, 0.25) is 5.88 Å². The lowest BCUT2D eigenvalue weighted by molar-refractivity contribution is 0.0688. The highest BCUT2D eigenvalue weighted by molar-refractivity contribution is 7.09. The van der Waals surface area contributed by atoms with Gasteiger partial charge in [0.1, 0.15) is 6.61 Å². The van der Waals surface area contributed by atoms with Crippen LogP contribution in [0.2, 0.25) is 0 Å². The van der Waals surface area contributed by atoms with Crippen molar-refractivity contribution in [2.24, 2.45) is 0 Å². The van der Waals surface area contributed by atoms with Gasteiger partial charge in [-0.05, 0) is 11.4 Å². The van der Waals surface area contributed by atoms with Gasteiger partial charge < -0.3 is 9.84 Å². The van der Waals surface area contributed by atoms with Crippen molar-refractivity contribution < 1.29 is 14.6 Å². The van der Waals surface area contributed by atoms with Crippen LogP contribution in [0.1, 0.15) is 15.4 Å². The molecule has 6 heteroatoms. The minimum absolute atomic E-state index is 0.122. The third-order valence-electron chi connectivity index (χ3n) is 1.77. The van der Waals surface area contributed by atoms with E-state index in [1.54, 1.807) is 11.3 Å². The highest BCUT2D eigenvalue weighted by atomic mass is 32.1. The van der Waals surface area contributed by atoms with Gasteiger partial charge in [-0.25, -0.2) is 9.78 Å². The summed E-state index contributed by atoms with van der Waals surface area (Å²) in [5, 5.41) is 10.6. The Hall–Kier alpha value is -1.95. The number of carboxylic acids is 1. The van der Waals surface area contributed by atoms with Crippen LogP contribution in [0.3, 0.4) is 0 Å². The summed E-state index contributed by atoms with van der Waals surface area (Å²) >= 11 is 1.56. The second-order valence-corrected chi connectivity index (χ2v) is 3.95. The highest BCUT2D eigenvalue weighted by Crippen LogP contribution is 2.12. The van der Waals surface area contributed by atoms with Crippen LogP contribution in [0.5, 0.6) is 5.88 Å². The number of nitrogens with zero attached hydrogens (tertiary/aromatic N) is 2. The third kappa shape index (κ3) is 2.54. The predicted molar refractivity (Wildman–Crippen MR) is 57.6 cm³/mol. The number of aromatic carboxylic acids is 1. The standard InChI is InChI=1S/C10H8N2O3S/c13-10(14)8-4-11-5-9(12-8)15-6-7-2-1-3-16-7/h1-5H,6H2,(H,13,14). The van der Waals surface area contributed by atoms with E-state index in [4.69, 9.17) is 9.84 Å². The highest BCUT2D eigenvalue weighted by Gasteiger charge is 2.06. The Morgan fingerprint density at radius 1 is 1.50 bits per heavy atom. The molecule has 0 atom stereocenters. The Bertz CT molecular complexity index is 485. The molecular weight excluding hydrogens is 228 g/mol. The van der Waals surface area contributed by atoms with Crippen molar-refractivity contribution in [3.8, 4) is 5.88 Å².